The average molecular weight is 300 g/mol. The van der Waals surface area contributed by atoms with Crippen LogP contribution in [-0.2, 0) is 11.3 Å². The fourth-order valence-corrected chi connectivity index (χ4v) is 2.46. The maximum atomic E-state index is 6.20. The molecule has 1 N–H and O–H groups in total. The minimum Gasteiger partial charge on any atom is -0.486 e. The van der Waals surface area contributed by atoms with Gasteiger partial charge in [-0.3, -0.25) is 0 Å². The first-order chi connectivity index (χ1) is 9.81. The van der Waals surface area contributed by atoms with E-state index in [-0.39, 0.29) is 0 Å². The van der Waals surface area contributed by atoms with E-state index in [0.29, 0.717) is 24.0 Å². The summed E-state index contributed by atoms with van der Waals surface area (Å²) in [5.74, 6) is 1.42. The molecule has 0 bridgehead atoms. The van der Waals surface area contributed by atoms with Gasteiger partial charge in [0.15, 0.2) is 11.5 Å². The molecule has 0 aliphatic carbocycles. The van der Waals surface area contributed by atoms with E-state index in [1.165, 1.54) is 6.42 Å². The summed E-state index contributed by atoms with van der Waals surface area (Å²) < 4.78 is 16.1. The Morgan fingerprint density at radius 3 is 2.90 bits per heavy atom. The number of nitrogens with one attached hydrogen (secondary N) is 1. The molecule has 1 aliphatic heterocycles. The monoisotopic (exact) mass is 299 g/mol. The van der Waals surface area contributed by atoms with E-state index in [4.69, 9.17) is 25.8 Å². The second-order valence-electron chi connectivity index (χ2n) is 4.83. The predicted octanol–water partition coefficient (Wildman–Crippen LogP) is 3.02. The Morgan fingerprint density at radius 1 is 1.20 bits per heavy atom. The van der Waals surface area contributed by atoms with Gasteiger partial charge in [0.25, 0.3) is 0 Å². The highest BCUT2D eigenvalue weighted by molar-refractivity contribution is 6.32. The van der Waals surface area contributed by atoms with Gasteiger partial charge in [0, 0.05) is 20.3 Å². The van der Waals surface area contributed by atoms with Crippen molar-refractivity contribution in [2.75, 3.05) is 33.5 Å². The number of benzene rings is 1. The summed E-state index contributed by atoms with van der Waals surface area (Å²) >= 11 is 6.20. The van der Waals surface area contributed by atoms with Crippen molar-refractivity contribution < 1.29 is 14.2 Å². The lowest BCUT2D eigenvalue weighted by Crippen LogP contribution is -2.18. The topological polar surface area (TPSA) is 39.7 Å². The molecular weight excluding hydrogens is 278 g/mol. The molecule has 0 radical (unpaired) electrons. The first kappa shape index (κ1) is 15.4. The summed E-state index contributed by atoms with van der Waals surface area (Å²) in [6, 6.07) is 3.94. The minimum atomic E-state index is 0.561. The molecule has 0 saturated heterocycles. The SMILES string of the molecule is COCCCCCNCc1cc(Cl)c2c(c1)OCCO2. The van der Waals surface area contributed by atoms with E-state index in [1.54, 1.807) is 7.11 Å². The fraction of sp³-hybridized carbons (Fsp3) is 0.600. The lowest BCUT2D eigenvalue weighted by molar-refractivity contribution is 0.171. The zero-order valence-corrected chi connectivity index (χ0v) is 12.7. The Hall–Kier alpha value is -0.970. The summed E-state index contributed by atoms with van der Waals surface area (Å²) in [7, 11) is 1.74. The summed E-state index contributed by atoms with van der Waals surface area (Å²) in [5, 5.41) is 4.04. The van der Waals surface area contributed by atoms with Gasteiger partial charge in [-0.1, -0.05) is 11.6 Å². The Balaban J connectivity index is 1.74. The molecule has 5 heteroatoms. The quantitative estimate of drug-likeness (QED) is 0.749. The van der Waals surface area contributed by atoms with E-state index >= 15 is 0 Å². The maximum Gasteiger partial charge on any atom is 0.179 e. The van der Waals surface area contributed by atoms with Gasteiger partial charge in [-0.2, -0.15) is 0 Å². The normalized spacial score (nSPS) is 13.5. The van der Waals surface area contributed by atoms with Gasteiger partial charge in [-0.25, -0.2) is 0 Å². The van der Waals surface area contributed by atoms with Gasteiger partial charge in [0.2, 0.25) is 0 Å². The van der Waals surface area contributed by atoms with Crippen molar-refractivity contribution in [3.63, 3.8) is 0 Å². The van der Waals surface area contributed by atoms with Gasteiger partial charge < -0.3 is 19.5 Å². The van der Waals surface area contributed by atoms with Crippen molar-refractivity contribution in [1.82, 2.24) is 5.32 Å². The van der Waals surface area contributed by atoms with Crippen LogP contribution in [0.15, 0.2) is 12.1 Å². The smallest absolute Gasteiger partial charge is 0.179 e. The molecule has 0 fully saturated rings. The van der Waals surface area contributed by atoms with Gasteiger partial charge in [0.1, 0.15) is 13.2 Å². The predicted molar refractivity (Wildman–Crippen MR) is 79.9 cm³/mol. The molecular formula is C15H22ClNO3. The van der Waals surface area contributed by atoms with Gasteiger partial charge in [-0.15, -0.1) is 0 Å². The Bertz CT molecular complexity index is 426. The number of fused-ring (bicyclic) bond motifs is 1. The van der Waals surface area contributed by atoms with Crippen molar-refractivity contribution >= 4 is 11.6 Å². The number of ether oxygens (including phenoxy) is 3. The Kier molecular flexibility index (Phi) is 6.43. The van der Waals surface area contributed by atoms with E-state index in [9.17, 15) is 0 Å². The summed E-state index contributed by atoms with van der Waals surface area (Å²) in [4.78, 5) is 0. The number of hydrogen-bond acceptors (Lipinski definition) is 4. The largest absolute Gasteiger partial charge is 0.486 e. The number of halogens is 1. The molecule has 0 amide bonds. The second kappa shape index (κ2) is 8.35. The van der Waals surface area contributed by atoms with Crippen LogP contribution >= 0.6 is 11.6 Å². The highest BCUT2D eigenvalue weighted by Gasteiger charge is 2.16. The molecule has 0 saturated carbocycles. The zero-order chi connectivity index (χ0) is 14.2. The van der Waals surface area contributed by atoms with Crippen LogP contribution < -0.4 is 14.8 Å². The minimum absolute atomic E-state index is 0.561. The highest BCUT2D eigenvalue weighted by atomic mass is 35.5. The van der Waals surface area contributed by atoms with Crippen LogP contribution in [0.2, 0.25) is 5.02 Å². The van der Waals surface area contributed by atoms with Crippen molar-refractivity contribution in [2.45, 2.75) is 25.8 Å². The first-order valence-electron chi connectivity index (χ1n) is 7.09. The summed E-state index contributed by atoms with van der Waals surface area (Å²) in [5.41, 5.74) is 1.12. The van der Waals surface area contributed by atoms with Crippen molar-refractivity contribution in [3.05, 3.63) is 22.7 Å². The van der Waals surface area contributed by atoms with E-state index < -0.39 is 0 Å². The van der Waals surface area contributed by atoms with Crippen LogP contribution in [0.4, 0.5) is 0 Å². The highest BCUT2D eigenvalue weighted by Crippen LogP contribution is 2.38. The third-order valence-electron chi connectivity index (χ3n) is 3.19. The van der Waals surface area contributed by atoms with Crippen LogP contribution in [0, 0.1) is 0 Å². The lowest BCUT2D eigenvalue weighted by Gasteiger charge is -2.20. The standard InChI is InChI=1S/C15H22ClNO3/c1-18-6-4-2-3-5-17-11-12-9-13(16)15-14(10-12)19-7-8-20-15/h9-10,17H,2-8,11H2,1H3. The van der Waals surface area contributed by atoms with E-state index in [0.717, 1.165) is 43.9 Å². The molecule has 0 atom stereocenters. The van der Waals surface area contributed by atoms with Crippen LogP contribution in [0.5, 0.6) is 11.5 Å². The summed E-state index contributed by atoms with van der Waals surface area (Å²) in [6.07, 6.45) is 3.46. The number of rotatable bonds is 8. The molecule has 20 heavy (non-hydrogen) atoms. The molecule has 112 valence electrons. The van der Waals surface area contributed by atoms with Gasteiger partial charge in [0.05, 0.1) is 5.02 Å². The third-order valence-corrected chi connectivity index (χ3v) is 3.47. The molecule has 0 aromatic heterocycles. The van der Waals surface area contributed by atoms with Crippen molar-refractivity contribution in [2.24, 2.45) is 0 Å². The van der Waals surface area contributed by atoms with Crippen molar-refractivity contribution in [3.8, 4) is 11.5 Å². The van der Waals surface area contributed by atoms with Crippen LogP contribution in [0.1, 0.15) is 24.8 Å². The van der Waals surface area contributed by atoms with E-state index in [2.05, 4.69) is 5.32 Å². The first-order valence-corrected chi connectivity index (χ1v) is 7.46. The number of methoxy groups -OCH3 is 1. The molecule has 1 aliphatic rings. The summed E-state index contributed by atoms with van der Waals surface area (Å²) in [6.45, 7) is 3.78. The molecule has 1 aromatic rings. The molecule has 0 unspecified atom stereocenters. The lowest BCUT2D eigenvalue weighted by atomic mass is 10.2. The number of hydrogen-bond donors (Lipinski definition) is 1. The molecule has 1 heterocycles. The maximum absolute atomic E-state index is 6.20. The Labute approximate surface area is 125 Å². The zero-order valence-electron chi connectivity index (χ0n) is 11.9. The molecule has 4 nitrogen and oxygen atoms in total. The Morgan fingerprint density at radius 2 is 2.05 bits per heavy atom. The van der Waals surface area contributed by atoms with Gasteiger partial charge >= 0.3 is 0 Å². The fourth-order valence-electron chi connectivity index (χ4n) is 2.17. The van der Waals surface area contributed by atoms with Crippen molar-refractivity contribution in [1.29, 1.82) is 0 Å². The van der Waals surface area contributed by atoms with Gasteiger partial charge in [-0.05, 0) is 43.5 Å². The number of unbranched alkanes of at least 4 members (excludes halogenated alkanes) is 2. The molecule has 1 aromatic carbocycles. The molecule has 0 spiro atoms. The molecule has 2 rings (SSSR count). The van der Waals surface area contributed by atoms with Crippen LogP contribution in [-0.4, -0.2) is 33.5 Å². The van der Waals surface area contributed by atoms with Crippen LogP contribution in [0.3, 0.4) is 0 Å². The average Bonchev–Trinajstić information content (AvgIpc) is 2.46. The second-order valence-corrected chi connectivity index (χ2v) is 5.24. The van der Waals surface area contributed by atoms with E-state index in [1.807, 2.05) is 12.1 Å². The third kappa shape index (κ3) is 4.54. The van der Waals surface area contributed by atoms with Crippen LogP contribution in [0.25, 0.3) is 0 Å².